The largest absolute Gasteiger partial charge is 0.382 e. The fraction of sp³-hybridized carbons (Fsp3) is 0.513. The number of hydrogen-bond donors (Lipinski definition) is 0. The molecule has 0 saturated carbocycles. The molecule has 1 aromatic heterocycles. The summed E-state index contributed by atoms with van der Waals surface area (Å²) in [5.74, 6) is 1.23. The van der Waals surface area contributed by atoms with Crippen LogP contribution in [0.4, 0.5) is 5.69 Å². The van der Waals surface area contributed by atoms with Gasteiger partial charge in [-0.3, -0.25) is 0 Å². The topological polar surface area (TPSA) is 53.8 Å². The first kappa shape index (κ1) is 38.7. The zero-order valence-corrected chi connectivity index (χ0v) is 31.4. The Kier molecular flexibility index (Phi) is 16.7. The lowest BCUT2D eigenvalue weighted by Gasteiger charge is -2.40. The van der Waals surface area contributed by atoms with Crippen LogP contribution >= 0.6 is 11.3 Å². The van der Waals surface area contributed by atoms with Crippen molar-refractivity contribution in [3.05, 3.63) is 83.2 Å². The lowest BCUT2D eigenvalue weighted by atomic mass is 9.98. The highest BCUT2D eigenvalue weighted by Crippen LogP contribution is 2.37. The first-order valence-corrected chi connectivity index (χ1v) is 18.3. The van der Waals surface area contributed by atoms with Gasteiger partial charge in [-0.15, -0.1) is 0 Å². The van der Waals surface area contributed by atoms with Crippen molar-refractivity contribution in [1.29, 1.82) is 0 Å². The number of hydrogen-bond acceptors (Lipinski definition) is 9. The molecule has 0 unspecified atom stereocenters. The molecule has 1 aliphatic heterocycles. The number of aryl methyl sites for hydroxylation is 1. The first-order valence-electron chi connectivity index (χ1n) is 17.5. The van der Waals surface area contributed by atoms with Crippen molar-refractivity contribution in [1.82, 2.24) is 14.7 Å². The minimum Gasteiger partial charge on any atom is -0.382 e. The van der Waals surface area contributed by atoms with E-state index in [1.54, 1.807) is 7.11 Å². The second-order valence-electron chi connectivity index (χ2n) is 12.8. The average Bonchev–Trinajstić information content (AvgIpc) is 3.41. The smallest absolute Gasteiger partial charge is 0.262 e. The molecule has 268 valence electrons. The minimum atomic E-state index is 0.547. The van der Waals surface area contributed by atoms with Gasteiger partial charge in [0.1, 0.15) is 17.6 Å². The first-order chi connectivity index (χ1) is 23.9. The Bertz CT molecular complexity index is 1490. The van der Waals surface area contributed by atoms with Gasteiger partial charge < -0.3 is 38.5 Å². The molecule has 0 spiro atoms. The van der Waals surface area contributed by atoms with Crippen LogP contribution in [-0.2, 0) is 26.0 Å². The van der Waals surface area contributed by atoms with Gasteiger partial charge in [-0.2, -0.15) is 4.57 Å². The SMILES string of the molecule is COCCOCCOCCOCCN1C(N(CCCN(C)C)CCCN(C)C)=C/C(=C\C=C\c2sc3ccccc3[n+]2C)c2ccccc21. The minimum absolute atomic E-state index is 0.547. The third-order valence-corrected chi connectivity index (χ3v) is 9.56. The number of ether oxygens (including phenoxy) is 4. The van der Waals surface area contributed by atoms with Crippen LogP contribution < -0.4 is 9.47 Å². The Morgan fingerprint density at radius 3 is 2.02 bits per heavy atom. The van der Waals surface area contributed by atoms with Crippen molar-refractivity contribution in [3.63, 3.8) is 0 Å². The highest BCUT2D eigenvalue weighted by atomic mass is 32.1. The molecule has 0 amide bonds. The zero-order chi connectivity index (χ0) is 34.8. The van der Waals surface area contributed by atoms with E-state index in [-0.39, 0.29) is 0 Å². The Morgan fingerprint density at radius 2 is 1.37 bits per heavy atom. The molecule has 0 fully saturated rings. The van der Waals surface area contributed by atoms with Crippen LogP contribution in [0, 0.1) is 0 Å². The molecule has 1 aliphatic rings. The predicted molar refractivity (Wildman–Crippen MR) is 204 cm³/mol. The summed E-state index contributed by atoms with van der Waals surface area (Å²) in [6.07, 6.45) is 11.3. The monoisotopic (exact) mass is 692 g/mol. The fourth-order valence-electron chi connectivity index (χ4n) is 5.84. The molecular weight excluding hydrogens is 635 g/mol. The normalized spacial score (nSPS) is 14.2. The molecule has 4 rings (SSSR count). The Labute approximate surface area is 298 Å². The number of para-hydroxylation sites is 2. The number of rotatable bonds is 23. The van der Waals surface area contributed by atoms with Crippen molar-refractivity contribution in [2.24, 2.45) is 7.05 Å². The van der Waals surface area contributed by atoms with Crippen LogP contribution in [0.5, 0.6) is 0 Å². The Hall–Kier alpha value is -3.09. The van der Waals surface area contributed by atoms with Crippen LogP contribution in [0.25, 0.3) is 21.9 Å². The van der Waals surface area contributed by atoms with E-state index in [1.165, 1.54) is 37.9 Å². The van der Waals surface area contributed by atoms with Crippen molar-refractivity contribution in [2.45, 2.75) is 12.8 Å². The molecule has 0 radical (unpaired) electrons. The molecule has 0 atom stereocenters. The van der Waals surface area contributed by atoms with Gasteiger partial charge in [0.25, 0.3) is 5.01 Å². The van der Waals surface area contributed by atoms with Crippen LogP contribution in [0.15, 0.2) is 72.6 Å². The summed E-state index contributed by atoms with van der Waals surface area (Å²) < 4.78 is 25.9. The lowest BCUT2D eigenvalue weighted by Crippen LogP contribution is -2.41. The van der Waals surface area contributed by atoms with Gasteiger partial charge in [0.05, 0.1) is 51.9 Å². The molecule has 2 heterocycles. The number of methoxy groups -OCH3 is 1. The summed E-state index contributed by atoms with van der Waals surface area (Å²) in [4.78, 5) is 9.58. The predicted octanol–water partition coefficient (Wildman–Crippen LogP) is 5.39. The van der Waals surface area contributed by atoms with E-state index in [4.69, 9.17) is 18.9 Å². The van der Waals surface area contributed by atoms with Gasteiger partial charge >= 0.3 is 0 Å². The van der Waals surface area contributed by atoms with Crippen molar-refractivity contribution in [3.8, 4) is 0 Å². The summed E-state index contributed by atoms with van der Waals surface area (Å²) in [6.45, 7) is 8.81. The van der Waals surface area contributed by atoms with Gasteiger partial charge in [-0.1, -0.05) is 53.8 Å². The standard InChI is InChI=1S/C39H58N5O4S/c1-40(2)20-12-22-43(23-13-21-41(3)4)38-32-33(14-11-19-39-42(5)36-17-9-10-18-37(36)49-39)34-15-7-8-16-35(34)44(38)24-25-46-28-29-48-31-30-47-27-26-45-6/h7-11,14-19,32H,12-13,20-31H2,1-6H3/q+1. The summed E-state index contributed by atoms with van der Waals surface area (Å²) in [5, 5.41) is 1.22. The van der Waals surface area contributed by atoms with Gasteiger partial charge in [0, 0.05) is 44.4 Å². The molecule has 0 bridgehead atoms. The second-order valence-corrected chi connectivity index (χ2v) is 13.8. The molecule has 0 aliphatic carbocycles. The van der Waals surface area contributed by atoms with Gasteiger partial charge in [-0.25, -0.2) is 0 Å². The van der Waals surface area contributed by atoms with E-state index < -0.39 is 0 Å². The van der Waals surface area contributed by atoms with Crippen molar-refractivity contribution < 1.29 is 23.5 Å². The molecule has 0 N–H and O–H groups in total. The molecule has 3 aromatic rings. The molecule has 2 aromatic carbocycles. The number of aromatic nitrogens is 1. The van der Waals surface area contributed by atoms with E-state index in [9.17, 15) is 0 Å². The lowest BCUT2D eigenvalue weighted by molar-refractivity contribution is -0.642. The molecule has 0 saturated heterocycles. The van der Waals surface area contributed by atoms with Gasteiger partial charge in [-0.05, 0) is 77.9 Å². The second kappa shape index (κ2) is 21.2. The summed E-state index contributed by atoms with van der Waals surface area (Å²) in [7, 11) is 12.4. The molecule has 49 heavy (non-hydrogen) atoms. The molecule has 9 nitrogen and oxygen atoms in total. The van der Waals surface area contributed by atoms with Crippen molar-refractivity contribution >= 4 is 38.9 Å². The average molecular weight is 693 g/mol. The van der Waals surface area contributed by atoms with Gasteiger partial charge in [0.15, 0.2) is 0 Å². The summed E-state index contributed by atoms with van der Waals surface area (Å²) >= 11 is 1.82. The maximum Gasteiger partial charge on any atom is 0.262 e. The number of fused-ring (bicyclic) bond motifs is 2. The van der Waals surface area contributed by atoms with Crippen LogP contribution in [0.2, 0.25) is 0 Å². The van der Waals surface area contributed by atoms with E-state index in [0.29, 0.717) is 46.2 Å². The van der Waals surface area contributed by atoms with E-state index in [1.807, 2.05) is 11.3 Å². The fourth-order valence-corrected chi connectivity index (χ4v) is 6.91. The van der Waals surface area contributed by atoms with Crippen LogP contribution in [0.1, 0.15) is 23.4 Å². The Morgan fingerprint density at radius 1 is 0.755 bits per heavy atom. The number of allylic oxidation sites excluding steroid dienone is 4. The Balaban J connectivity index is 1.55. The van der Waals surface area contributed by atoms with E-state index >= 15 is 0 Å². The van der Waals surface area contributed by atoms with Crippen LogP contribution in [-0.4, -0.2) is 129 Å². The third kappa shape index (κ3) is 12.3. The maximum atomic E-state index is 6.11. The molecular formula is C39H58N5O4S+. The van der Waals surface area contributed by atoms with E-state index in [0.717, 1.165) is 45.6 Å². The van der Waals surface area contributed by atoms with Gasteiger partial charge in [0.2, 0.25) is 5.52 Å². The summed E-state index contributed by atoms with van der Waals surface area (Å²) in [5.41, 5.74) is 4.92. The maximum absolute atomic E-state index is 6.11. The van der Waals surface area contributed by atoms with E-state index in [2.05, 4.69) is 132 Å². The number of thiazole rings is 1. The highest BCUT2D eigenvalue weighted by molar-refractivity contribution is 7.18. The quantitative estimate of drug-likeness (QED) is 0.0971. The highest BCUT2D eigenvalue weighted by Gasteiger charge is 2.26. The molecule has 10 heteroatoms. The number of nitrogens with zero attached hydrogens (tertiary/aromatic N) is 5. The zero-order valence-electron chi connectivity index (χ0n) is 30.6. The van der Waals surface area contributed by atoms with Crippen LogP contribution in [0.3, 0.4) is 0 Å². The number of benzene rings is 2. The van der Waals surface area contributed by atoms with Crippen molar-refractivity contribution in [2.75, 3.05) is 119 Å². The number of anilines is 1. The summed E-state index contributed by atoms with van der Waals surface area (Å²) in [6, 6.07) is 17.3. The third-order valence-electron chi connectivity index (χ3n) is 8.38.